The number of ether oxygens (including phenoxy) is 4. The Morgan fingerprint density at radius 2 is 1.19 bits per heavy atom. The van der Waals surface area contributed by atoms with Crippen LogP contribution >= 0.6 is 8.29 Å². The van der Waals surface area contributed by atoms with Gasteiger partial charge in [-0.3, -0.25) is 18.4 Å². The van der Waals surface area contributed by atoms with Gasteiger partial charge in [0, 0.05) is 12.6 Å². The van der Waals surface area contributed by atoms with Crippen LogP contribution < -0.4 is 15.4 Å². The molecule has 67 heavy (non-hydrogen) atoms. The number of nitro benzene ring substituents is 1. The van der Waals surface area contributed by atoms with Crippen molar-refractivity contribution in [2.75, 3.05) is 25.4 Å². The van der Waals surface area contributed by atoms with E-state index in [4.69, 9.17) is 18.9 Å². The van der Waals surface area contributed by atoms with Gasteiger partial charge in [0.25, 0.3) is 0 Å². The zero-order valence-electron chi connectivity index (χ0n) is 40.4. The number of aliphatic hydroxyl groups excluding tert-OH is 4. The Balaban J connectivity index is 1.04. The van der Waals surface area contributed by atoms with Gasteiger partial charge in [0.2, 0.25) is 6.29 Å². The molecule has 6 N–H and O–H groups in total. The van der Waals surface area contributed by atoms with Crippen LogP contribution in [0.1, 0.15) is 179 Å². The summed E-state index contributed by atoms with van der Waals surface area (Å²) in [5, 5.41) is 62.3. The molecule has 1 heterocycles. The van der Waals surface area contributed by atoms with Crippen LogP contribution in [0.25, 0.3) is 0 Å². The van der Waals surface area contributed by atoms with Crippen LogP contribution in [0.4, 0.5) is 15.3 Å². The van der Waals surface area contributed by atoms with Crippen molar-refractivity contribution >= 4 is 26.2 Å². The first-order chi connectivity index (χ1) is 32.4. The zero-order valence-corrected chi connectivity index (χ0v) is 41.2. The number of amides is 2. The number of hydrogen-bond donors (Lipinski definition) is 6. The number of hydrogen-bond acceptors (Lipinski definition) is 12. The highest BCUT2D eigenvalue weighted by Gasteiger charge is 2.78. The number of carbonyl (C=O) groups is 2. The largest absolute Gasteiger partial charge is 0.455 e. The molecule has 0 radical (unpaired) electrons. The van der Waals surface area contributed by atoms with Crippen molar-refractivity contribution in [3.8, 4) is 5.75 Å². The smallest absolute Gasteiger partial charge is 0.407 e. The van der Waals surface area contributed by atoms with Crippen LogP contribution in [0.5, 0.6) is 5.75 Å². The molecule has 15 nitrogen and oxygen atoms in total. The Kier molecular flexibility index (Phi) is 17.8. The molecule has 2 amide bonds. The van der Waals surface area contributed by atoms with Crippen LogP contribution in [-0.2, 0) is 20.8 Å². The molecule has 1 saturated heterocycles. The molecule has 5 saturated carbocycles. The van der Waals surface area contributed by atoms with E-state index in [0.29, 0.717) is 13.0 Å². The summed E-state index contributed by atoms with van der Waals surface area (Å²) < 4.78 is 22.4. The van der Waals surface area contributed by atoms with Gasteiger partial charge in [-0.15, -0.1) is 0 Å². The number of nitrogens with zero attached hydrogens (tertiary/aromatic N) is 1. The van der Waals surface area contributed by atoms with E-state index in [2.05, 4.69) is 10.6 Å². The molecule has 16 heteroatoms. The molecule has 0 bridgehead atoms. The number of nitro groups is 1. The second-order valence-corrected chi connectivity index (χ2v) is 29.5. The number of aliphatic hydroxyl groups is 4. The first-order valence-corrected chi connectivity index (χ1v) is 29.5. The highest BCUT2D eigenvalue weighted by molar-refractivity contribution is 8.66. The molecule has 1 aromatic rings. The first-order valence-electron chi connectivity index (χ1n) is 26.5. The minimum absolute atomic E-state index is 0.0329. The summed E-state index contributed by atoms with van der Waals surface area (Å²) in [4.78, 5) is 38.3. The van der Waals surface area contributed by atoms with Crippen molar-refractivity contribution in [3.63, 3.8) is 0 Å². The van der Waals surface area contributed by atoms with Crippen molar-refractivity contribution in [2.24, 2.45) is 0 Å². The van der Waals surface area contributed by atoms with Gasteiger partial charge in [0.05, 0.1) is 18.1 Å². The summed E-state index contributed by atoms with van der Waals surface area (Å²) in [6.07, 6.45) is 25.1. The second-order valence-electron chi connectivity index (χ2n) is 21.4. The number of carbonyl (C=O) groups excluding carboxylic acids is 2. The van der Waals surface area contributed by atoms with E-state index in [-0.39, 0.29) is 24.5 Å². The van der Waals surface area contributed by atoms with Crippen molar-refractivity contribution in [1.82, 2.24) is 10.6 Å². The van der Waals surface area contributed by atoms with Crippen LogP contribution in [0.15, 0.2) is 18.2 Å². The topological polar surface area (TPSA) is 219 Å². The van der Waals surface area contributed by atoms with Gasteiger partial charge in [0.1, 0.15) is 37.1 Å². The van der Waals surface area contributed by atoms with Gasteiger partial charge in [-0.2, -0.15) is 0 Å². The minimum Gasteiger partial charge on any atom is -0.455 e. The molecule has 7 rings (SSSR count). The van der Waals surface area contributed by atoms with E-state index >= 15 is 0 Å². The maximum absolute atomic E-state index is 14.1. The second kappa shape index (κ2) is 22.9. The number of nitrogens with one attached hydrogen (secondary N) is 2. The van der Waals surface area contributed by atoms with Crippen LogP contribution in [0, 0.1) is 10.1 Å². The van der Waals surface area contributed by atoms with Crippen molar-refractivity contribution in [3.05, 3.63) is 33.9 Å². The van der Waals surface area contributed by atoms with E-state index in [1.165, 1.54) is 178 Å². The van der Waals surface area contributed by atoms with Gasteiger partial charge in [-0.05, 0) is 114 Å². The molecular weight excluding hydrogens is 879 g/mol. The maximum Gasteiger partial charge on any atom is 0.407 e. The lowest BCUT2D eigenvalue weighted by Crippen LogP contribution is -2.75. The zero-order chi connectivity index (χ0) is 47.5. The lowest BCUT2D eigenvalue weighted by molar-refractivity contribution is -0.387. The molecule has 6 aliphatic rings. The summed E-state index contributed by atoms with van der Waals surface area (Å²) in [5.74, 6) is 0.881. The quantitative estimate of drug-likeness (QED) is 0.0600. The number of alkyl carbamates (subject to hydrolysis) is 2. The summed E-state index contributed by atoms with van der Waals surface area (Å²) >= 11 is 0. The number of benzene rings is 1. The fraction of sp³-hybridized carbons (Fsp3) is 0.843. The van der Waals surface area contributed by atoms with Crippen molar-refractivity contribution in [1.29, 1.82) is 0 Å². The third-order valence-corrected chi connectivity index (χ3v) is 32.4. The van der Waals surface area contributed by atoms with E-state index in [1.54, 1.807) is 0 Å². The van der Waals surface area contributed by atoms with Crippen LogP contribution in [0.2, 0.25) is 0 Å². The van der Waals surface area contributed by atoms with Crippen LogP contribution in [0.3, 0.4) is 0 Å². The fourth-order valence-corrected chi connectivity index (χ4v) is 32.5. The van der Waals surface area contributed by atoms with Gasteiger partial charge in [-0.1, -0.05) is 109 Å². The van der Waals surface area contributed by atoms with Gasteiger partial charge in [-0.25, -0.2) is 9.59 Å². The molecule has 1 aliphatic heterocycles. The predicted molar refractivity (Wildman–Crippen MR) is 261 cm³/mol. The summed E-state index contributed by atoms with van der Waals surface area (Å²) in [7, 11) is -3.09. The SMILES string of the molecule is CCC(CNC(=O)OCc1ccc(O[C@@H]2OC(CO)[C@H](O)C(O)[C@@H]2O)c([N+](=O)[O-])c1)OC(=O)NCCS(C1CCCCC1)(C1CCCCC1)(C1CCCCC1)(C1CCCCC1)C1CCCCC1. The highest BCUT2D eigenvalue weighted by atomic mass is 32.4. The minimum atomic E-state index is -3.09. The fourth-order valence-electron chi connectivity index (χ4n) is 15.9. The Morgan fingerprint density at radius 1 is 0.716 bits per heavy atom. The first kappa shape index (κ1) is 51.9. The molecule has 1 aromatic carbocycles. The molecule has 3 unspecified atom stereocenters. The summed E-state index contributed by atoms with van der Waals surface area (Å²) in [6.45, 7) is 1.61. The summed E-state index contributed by atoms with van der Waals surface area (Å²) in [5.41, 5.74) is -0.245. The van der Waals surface area contributed by atoms with E-state index in [9.17, 15) is 40.1 Å². The third-order valence-electron chi connectivity index (χ3n) is 18.6. The Labute approximate surface area is 398 Å². The third kappa shape index (κ3) is 9.80. The van der Waals surface area contributed by atoms with E-state index in [0.717, 1.165) is 32.3 Å². The van der Waals surface area contributed by atoms with Crippen LogP contribution in [-0.4, -0.2) is 126 Å². The van der Waals surface area contributed by atoms with Crippen molar-refractivity contribution in [2.45, 2.75) is 244 Å². The standard InChI is InChI=1S/C51H85N3O12S/c1-2-37(33-53-50(59)63-35-36-28-29-44(43(32-36)54(61)62)65-49-48(58)47(57)46(56)45(34-55)66-49)64-51(60)52-30-31-67(38-18-8-3-9-19-38,39-20-10-4-11-21-39,40-22-12-5-13-23-40,41-24-14-6-15-25-41)42-26-16-7-17-27-42/h28-29,32,37-42,45-49,55-58H,2-27,30-31,33-35H2,1H3,(H,52,60)(H,53,59)/t37?,45?,46-,47?,48-,49+/m0/s1. The Hall–Kier alpha value is -2.89. The normalized spacial score (nSPS) is 28.3. The van der Waals surface area contributed by atoms with Crippen molar-refractivity contribution < 1.29 is 53.9 Å². The Morgan fingerprint density at radius 3 is 1.63 bits per heavy atom. The Bertz CT molecular complexity index is 1660. The molecule has 0 spiro atoms. The average Bonchev–Trinajstić information content (AvgIpc) is 3.38. The van der Waals surface area contributed by atoms with Gasteiger partial charge >= 0.3 is 17.9 Å². The molecule has 0 aromatic heterocycles. The predicted octanol–water partition coefficient (Wildman–Crippen LogP) is 9.04. The monoisotopic (exact) mass is 964 g/mol. The lowest BCUT2D eigenvalue weighted by Gasteiger charge is -2.97. The number of rotatable bonds is 18. The molecule has 5 aliphatic carbocycles. The average molecular weight is 964 g/mol. The summed E-state index contributed by atoms with van der Waals surface area (Å²) in [6, 6.07) is 3.83. The molecule has 382 valence electrons. The lowest BCUT2D eigenvalue weighted by atomic mass is 9.97. The van der Waals surface area contributed by atoms with Gasteiger partial charge in [0.15, 0.2) is 5.75 Å². The maximum atomic E-state index is 14.1. The molecular formula is C51H85N3O12S. The van der Waals surface area contributed by atoms with E-state index in [1.807, 2.05) is 6.92 Å². The van der Waals surface area contributed by atoms with E-state index < -0.39 is 74.5 Å². The molecule has 6 fully saturated rings. The molecule has 6 atom stereocenters. The van der Waals surface area contributed by atoms with Gasteiger partial charge < -0.3 is 50.0 Å². The highest BCUT2D eigenvalue weighted by Crippen LogP contribution is 3.06.